The average Bonchev–Trinajstić information content (AvgIpc) is 3.18. The SMILES string of the molecule is COc1ccc(C(=O)c2oc3ccccc3c2NC(=O)COc2cccc(C)c2C)cc1. The number of hydrogen-bond donors (Lipinski definition) is 1. The average molecular weight is 429 g/mol. The molecular weight excluding hydrogens is 406 g/mol. The summed E-state index contributed by atoms with van der Waals surface area (Å²) in [4.78, 5) is 25.9. The van der Waals surface area contributed by atoms with Crippen LogP contribution in [0.25, 0.3) is 11.0 Å². The maximum Gasteiger partial charge on any atom is 0.262 e. The second kappa shape index (κ2) is 8.98. The minimum Gasteiger partial charge on any atom is -0.497 e. The van der Waals surface area contributed by atoms with E-state index in [4.69, 9.17) is 13.9 Å². The number of ether oxygens (including phenoxy) is 2. The van der Waals surface area contributed by atoms with Gasteiger partial charge >= 0.3 is 0 Å². The zero-order valence-electron chi connectivity index (χ0n) is 18.1. The van der Waals surface area contributed by atoms with Crippen LogP contribution in [0.5, 0.6) is 11.5 Å². The van der Waals surface area contributed by atoms with Crippen LogP contribution in [0.3, 0.4) is 0 Å². The summed E-state index contributed by atoms with van der Waals surface area (Å²) in [5, 5.41) is 3.45. The molecule has 1 amide bonds. The van der Waals surface area contributed by atoms with E-state index in [-0.39, 0.29) is 24.1 Å². The highest BCUT2D eigenvalue weighted by atomic mass is 16.5. The first kappa shape index (κ1) is 21.2. The van der Waals surface area contributed by atoms with Crippen molar-refractivity contribution < 1.29 is 23.5 Å². The van der Waals surface area contributed by atoms with Crippen LogP contribution in [-0.4, -0.2) is 25.4 Å². The molecule has 0 unspecified atom stereocenters. The van der Waals surface area contributed by atoms with Crippen LogP contribution >= 0.6 is 0 Å². The summed E-state index contributed by atoms with van der Waals surface area (Å²) in [7, 11) is 1.56. The second-order valence-corrected chi connectivity index (χ2v) is 7.39. The number of fused-ring (bicyclic) bond motifs is 1. The first-order valence-electron chi connectivity index (χ1n) is 10.2. The number of para-hydroxylation sites is 1. The second-order valence-electron chi connectivity index (χ2n) is 7.39. The molecule has 1 aromatic heterocycles. The quantitative estimate of drug-likeness (QED) is 0.403. The maximum absolute atomic E-state index is 13.2. The van der Waals surface area contributed by atoms with Gasteiger partial charge in [0.15, 0.2) is 12.4 Å². The summed E-state index contributed by atoms with van der Waals surface area (Å²) in [5.41, 5.74) is 3.32. The summed E-state index contributed by atoms with van der Waals surface area (Å²) in [5.74, 6) is 0.627. The van der Waals surface area contributed by atoms with Gasteiger partial charge < -0.3 is 19.2 Å². The lowest BCUT2D eigenvalue weighted by Gasteiger charge is -2.11. The minimum atomic E-state index is -0.388. The fourth-order valence-electron chi connectivity index (χ4n) is 3.40. The molecule has 0 spiro atoms. The zero-order chi connectivity index (χ0) is 22.7. The van der Waals surface area contributed by atoms with E-state index in [9.17, 15) is 9.59 Å². The smallest absolute Gasteiger partial charge is 0.262 e. The van der Waals surface area contributed by atoms with Gasteiger partial charge in [-0.25, -0.2) is 0 Å². The number of aryl methyl sites for hydroxylation is 1. The molecule has 6 nitrogen and oxygen atoms in total. The number of furan rings is 1. The lowest BCUT2D eigenvalue weighted by atomic mass is 10.1. The standard InChI is InChI=1S/C26H23NO5/c1-16-7-6-10-21(17(16)2)31-15-23(28)27-24-20-8-4-5-9-22(20)32-26(24)25(29)18-11-13-19(30-3)14-12-18/h4-14H,15H2,1-3H3,(H,27,28). The highest BCUT2D eigenvalue weighted by Gasteiger charge is 2.23. The molecule has 0 saturated carbocycles. The first-order valence-corrected chi connectivity index (χ1v) is 10.2. The van der Waals surface area contributed by atoms with Crippen LogP contribution < -0.4 is 14.8 Å². The van der Waals surface area contributed by atoms with Crippen molar-refractivity contribution in [1.29, 1.82) is 0 Å². The van der Waals surface area contributed by atoms with Gasteiger partial charge in [-0.3, -0.25) is 9.59 Å². The number of benzene rings is 3. The third kappa shape index (κ3) is 4.21. The predicted molar refractivity (Wildman–Crippen MR) is 123 cm³/mol. The molecule has 0 saturated heterocycles. The van der Waals surface area contributed by atoms with Gasteiger partial charge in [-0.15, -0.1) is 0 Å². The van der Waals surface area contributed by atoms with Gasteiger partial charge in [0.1, 0.15) is 17.1 Å². The fourth-order valence-corrected chi connectivity index (χ4v) is 3.40. The number of rotatable bonds is 7. The topological polar surface area (TPSA) is 77.8 Å². The number of methoxy groups -OCH3 is 1. The van der Waals surface area contributed by atoms with E-state index in [2.05, 4.69) is 5.32 Å². The lowest BCUT2D eigenvalue weighted by Crippen LogP contribution is -2.21. The molecule has 1 N–H and O–H groups in total. The number of carbonyl (C=O) groups excluding carboxylic acids is 2. The molecular formula is C26H23NO5. The molecule has 3 aromatic carbocycles. The third-order valence-corrected chi connectivity index (χ3v) is 5.33. The van der Waals surface area contributed by atoms with Crippen molar-refractivity contribution in [1.82, 2.24) is 0 Å². The van der Waals surface area contributed by atoms with Gasteiger partial charge in [0, 0.05) is 10.9 Å². The van der Waals surface area contributed by atoms with Gasteiger partial charge in [-0.1, -0.05) is 24.3 Å². The van der Waals surface area contributed by atoms with Crippen LogP contribution in [0.15, 0.2) is 71.1 Å². The van der Waals surface area contributed by atoms with Crippen molar-refractivity contribution in [3.05, 3.63) is 89.2 Å². The van der Waals surface area contributed by atoms with Gasteiger partial charge in [-0.2, -0.15) is 0 Å². The molecule has 162 valence electrons. The molecule has 0 aliphatic heterocycles. The number of hydrogen-bond acceptors (Lipinski definition) is 5. The van der Waals surface area contributed by atoms with Crippen molar-refractivity contribution in [3.63, 3.8) is 0 Å². The van der Waals surface area contributed by atoms with Crippen LogP contribution in [0.4, 0.5) is 5.69 Å². The van der Waals surface area contributed by atoms with Gasteiger partial charge in [0.25, 0.3) is 5.91 Å². The third-order valence-electron chi connectivity index (χ3n) is 5.33. The zero-order valence-corrected chi connectivity index (χ0v) is 18.1. The number of ketones is 1. The molecule has 4 rings (SSSR count). The van der Waals surface area contributed by atoms with E-state index < -0.39 is 0 Å². The summed E-state index contributed by atoms with van der Waals surface area (Å²) in [6.45, 7) is 3.73. The van der Waals surface area contributed by atoms with Crippen molar-refractivity contribution in [2.45, 2.75) is 13.8 Å². The Kier molecular flexibility index (Phi) is 5.94. The molecule has 0 aliphatic rings. The lowest BCUT2D eigenvalue weighted by molar-refractivity contribution is -0.118. The molecule has 0 radical (unpaired) electrons. The summed E-state index contributed by atoms with van der Waals surface area (Å²) in [6, 6.07) is 19.6. The van der Waals surface area contributed by atoms with Crippen molar-refractivity contribution in [3.8, 4) is 11.5 Å². The minimum absolute atomic E-state index is 0.0662. The van der Waals surface area contributed by atoms with Crippen LogP contribution in [0.2, 0.25) is 0 Å². The predicted octanol–water partition coefficient (Wildman–Crippen LogP) is 5.31. The normalized spacial score (nSPS) is 10.7. The van der Waals surface area contributed by atoms with Crippen LogP contribution in [-0.2, 0) is 4.79 Å². The Balaban J connectivity index is 1.60. The molecule has 32 heavy (non-hydrogen) atoms. The van der Waals surface area contributed by atoms with Gasteiger partial charge in [-0.05, 0) is 67.4 Å². The Labute approximate surface area is 185 Å². The van der Waals surface area contributed by atoms with E-state index >= 15 is 0 Å². The summed E-state index contributed by atoms with van der Waals surface area (Å²) < 4.78 is 16.7. The Morgan fingerprint density at radius 3 is 2.44 bits per heavy atom. The Bertz CT molecular complexity index is 1290. The van der Waals surface area contributed by atoms with Crippen LogP contribution in [0.1, 0.15) is 27.2 Å². The highest BCUT2D eigenvalue weighted by Crippen LogP contribution is 2.33. The highest BCUT2D eigenvalue weighted by molar-refractivity contribution is 6.17. The van der Waals surface area contributed by atoms with Crippen molar-refractivity contribution >= 4 is 28.3 Å². The molecule has 0 bridgehead atoms. The van der Waals surface area contributed by atoms with E-state index in [1.165, 1.54) is 0 Å². The van der Waals surface area contributed by atoms with E-state index in [1.807, 2.05) is 44.2 Å². The van der Waals surface area contributed by atoms with E-state index in [1.54, 1.807) is 43.5 Å². The Hall–Kier alpha value is -4.06. The first-order chi connectivity index (χ1) is 15.5. The number of amides is 1. The number of anilines is 1. The van der Waals surface area contributed by atoms with Crippen LogP contribution in [0, 0.1) is 13.8 Å². The summed E-state index contributed by atoms with van der Waals surface area (Å²) >= 11 is 0. The molecule has 4 aromatic rings. The molecule has 6 heteroatoms. The number of nitrogens with one attached hydrogen (secondary N) is 1. The van der Waals surface area contributed by atoms with Crippen molar-refractivity contribution in [2.75, 3.05) is 19.0 Å². The maximum atomic E-state index is 13.2. The monoisotopic (exact) mass is 429 g/mol. The Morgan fingerprint density at radius 1 is 0.938 bits per heavy atom. The van der Waals surface area contributed by atoms with Gasteiger partial charge in [0.2, 0.25) is 5.78 Å². The molecule has 0 aliphatic carbocycles. The number of carbonyl (C=O) groups is 2. The van der Waals surface area contributed by atoms with E-state index in [0.29, 0.717) is 33.7 Å². The van der Waals surface area contributed by atoms with Gasteiger partial charge in [0.05, 0.1) is 12.8 Å². The summed E-state index contributed by atoms with van der Waals surface area (Å²) in [6.07, 6.45) is 0. The Morgan fingerprint density at radius 2 is 1.69 bits per heavy atom. The van der Waals surface area contributed by atoms with E-state index in [0.717, 1.165) is 11.1 Å². The molecule has 0 fully saturated rings. The fraction of sp³-hybridized carbons (Fsp3) is 0.154. The molecule has 0 atom stereocenters. The van der Waals surface area contributed by atoms with Crippen molar-refractivity contribution in [2.24, 2.45) is 0 Å². The molecule has 1 heterocycles. The largest absolute Gasteiger partial charge is 0.497 e.